The van der Waals surface area contributed by atoms with Crippen molar-refractivity contribution < 1.29 is 0 Å². The number of thiophene rings is 1. The van der Waals surface area contributed by atoms with Crippen LogP contribution in [0.3, 0.4) is 0 Å². The molecule has 0 unspecified atom stereocenters. The topological polar surface area (TPSA) is 23.8 Å². The van der Waals surface area contributed by atoms with E-state index in [9.17, 15) is 0 Å². The number of nitrogens with zero attached hydrogens (tertiary/aromatic N) is 1. The van der Waals surface area contributed by atoms with Gasteiger partial charge in [-0.3, -0.25) is 0 Å². The summed E-state index contributed by atoms with van der Waals surface area (Å²) in [4.78, 5) is 1.06. The fourth-order valence-electron chi connectivity index (χ4n) is 0.750. The minimum atomic E-state index is 0.563. The van der Waals surface area contributed by atoms with Gasteiger partial charge < -0.3 is 0 Å². The molecule has 0 saturated heterocycles. The molecule has 0 N–H and O–H groups in total. The molecule has 0 aromatic carbocycles. The molecular weight excluding hydrogens is 246 g/mol. The first-order valence-corrected chi connectivity index (χ1v) is 5.06. The van der Waals surface area contributed by atoms with Crippen LogP contribution >= 0.6 is 38.9 Å². The van der Waals surface area contributed by atoms with Gasteiger partial charge in [-0.25, -0.2) is 0 Å². The van der Waals surface area contributed by atoms with Crippen LogP contribution in [0, 0.1) is 11.3 Å². The van der Waals surface area contributed by atoms with Crippen molar-refractivity contribution in [3.63, 3.8) is 0 Å². The Bertz CT molecular complexity index is 313. The van der Waals surface area contributed by atoms with E-state index >= 15 is 0 Å². The summed E-state index contributed by atoms with van der Waals surface area (Å²) in [6.45, 7) is 2.02. The van der Waals surface area contributed by atoms with Gasteiger partial charge in [0.05, 0.1) is 14.4 Å². The van der Waals surface area contributed by atoms with Crippen LogP contribution in [0.15, 0.2) is 3.79 Å². The van der Waals surface area contributed by atoms with Crippen LogP contribution in [-0.2, 0) is 6.42 Å². The van der Waals surface area contributed by atoms with Crippen molar-refractivity contribution in [1.29, 1.82) is 5.26 Å². The van der Waals surface area contributed by atoms with Crippen LogP contribution < -0.4 is 0 Å². The zero-order chi connectivity index (χ0) is 8.43. The van der Waals surface area contributed by atoms with E-state index < -0.39 is 0 Å². The molecule has 0 spiro atoms. The summed E-state index contributed by atoms with van der Waals surface area (Å²) in [5.41, 5.74) is 0.563. The first-order valence-electron chi connectivity index (χ1n) is 3.07. The van der Waals surface area contributed by atoms with Gasteiger partial charge in [-0.2, -0.15) is 5.26 Å². The highest BCUT2D eigenvalue weighted by molar-refractivity contribution is 9.11. The first-order chi connectivity index (χ1) is 5.20. The highest BCUT2D eigenvalue weighted by Crippen LogP contribution is 2.36. The van der Waals surface area contributed by atoms with E-state index in [2.05, 4.69) is 15.9 Å². The maximum atomic E-state index is 8.65. The van der Waals surface area contributed by atoms with Gasteiger partial charge in [-0.15, -0.1) is 11.3 Å². The predicted molar refractivity (Wildman–Crippen MR) is 51.1 cm³/mol. The van der Waals surface area contributed by atoms with Crippen LogP contribution in [0.4, 0.5) is 0 Å². The Morgan fingerprint density at radius 1 is 1.73 bits per heavy atom. The Morgan fingerprint density at radius 2 is 2.36 bits per heavy atom. The molecule has 0 bridgehead atoms. The van der Waals surface area contributed by atoms with Crippen molar-refractivity contribution in [3.05, 3.63) is 19.2 Å². The van der Waals surface area contributed by atoms with Crippen molar-refractivity contribution in [2.75, 3.05) is 0 Å². The lowest BCUT2D eigenvalue weighted by Crippen LogP contribution is -1.73. The van der Waals surface area contributed by atoms with Crippen LogP contribution in [0.25, 0.3) is 0 Å². The minimum absolute atomic E-state index is 0.563. The van der Waals surface area contributed by atoms with E-state index in [1.54, 1.807) is 0 Å². The lowest BCUT2D eigenvalue weighted by Gasteiger charge is -1.87. The van der Waals surface area contributed by atoms with Crippen LogP contribution in [0.5, 0.6) is 0 Å². The SMILES string of the molecule is CCc1sc(Br)c(C#N)c1Cl. The third-order valence-electron chi connectivity index (χ3n) is 1.31. The molecule has 0 aliphatic heterocycles. The second-order valence-electron chi connectivity index (χ2n) is 1.95. The van der Waals surface area contributed by atoms with Crippen molar-refractivity contribution in [2.45, 2.75) is 13.3 Å². The van der Waals surface area contributed by atoms with Gasteiger partial charge in [-0.1, -0.05) is 18.5 Å². The lowest BCUT2D eigenvalue weighted by atomic mass is 10.3. The van der Waals surface area contributed by atoms with E-state index in [0.717, 1.165) is 15.1 Å². The summed E-state index contributed by atoms with van der Waals surface area (Å²) >= 11 is 10.7. The summed E-state index contributed by atoms with van der Waals surface area (Å²) in [7, 11) is 0. The van der Waals surface area contributed by atoms with Gasteiger partial charge in [0.1, 0.15) is 6.07 Å². The average Bonchev–Trinajstić information content (AvgIpc) is 2.26. The summed E-state index contributed by atoms with van der Waals surface area (Å²) in [6.07, 6.45) is 0.879. The van der Waals surface area contributed by atoms with E-state index in [1.165, 1.54) is 11.3 Å². The number of aryl methyl sites for hydroxylation is 1. The fraction of sp³-hybridized carbons (Fsp3) is 0.286. The normalized spacial score (nSPS) is 9.64. The Kier molecular flexibility index (Phi) is 2.94. The quantitative estimate of drug-likeness (QED) is 0.747. The molecule has 0 fully saturated rings. The van der Waals surface area contributed by atoms with Crippen molar-refractivity contribution in [1.82, 2.24) is 0 Å². The van der Waals surface area contributed by atoms with Gasteiger partial charge in [0.2, 0.25) is 0 Å². The average molecular weight is 251 g/mol. The van der Waals surface area contributed by atoms with Gasteiger partial charge in [-0.05, 0) is 22.4 Å². The smallest absolute Gasteiger partial charge is 0.103 e. The second kappa shape index (κ2) is 3.57. The van der Waals surface area contributed by atoms with Gasteiger partial charge >= 0.3 is 0 Å². The molecule has 1 heterocycles. The number of rotatable bonds is 1. The molecule has 58 valence electrons. The van der Waals surface area contributed by atoms with E-state index in [1.807, 2.05) is 13.0 Å². The Hall–Kier alpha value is -0.0400. The summed E-state index contributed by atoms with van der Waals surface area (Å²) < 4.78 is 0.835. The third-order valence-corrected chi connectivity index (χ3v) is 3.84. The molecule has 0 radical (unpaired) electrons. The van der Waals surface area contributed by atoms with Gasteiger partial charge in [0, 0.05) is 4.88 Å². The van der Waals surface area contributed by atoms with Gasteiger partial charge in [0.25, 0.3) is 0 Å². The molecule has 0 saturated carbocycles. The molecule has 0 aliphatic carbocycles. The molecule has 1 aromatic heterocycles. The summed E-state index contributed by atoms with van der Waals surface area (Å²) in [6, 6.07) is 2.05. The predicted octanol–water partition coefficient (Wildman–Crippen LogP) is 3.60. The molecule has 0 aliphatic rings. The van der Waals surface area contributed by atoms with E-state index in [0.29, 0.717) is 10.6 Å². The Labute approximate surface area is 82.7 Å². The van der Waals surface area contributed by atoms with Crippen LogP contribution in [-0.4, -0.2) is 0 Å². The fourth-order valence-corrected chi connectivity index (χ4v) is 2.98. The minimum Gasteiger partial charge on any atom is -0.192 e. The third kappa shape index (κ3) is 1.58. The maximum absolute atomic E-state index is 8.65. The number of hydrogen-bond donors (Lipinski definition) is 0. The van der Waals surface area contributed by atoms with Crippen LogP contribution in [0.1, 0.15) is 17.4 Å². The molecule has 1 nitrogen and oxygen atoms in total. The zero-order valence-corrected chi connectivity index (χ0v) is 8.98. The number of halogens is 2. The van der Waals surface area contributed by atoms with E-state index in [-0.39, 0.29) is 0 Å². The molecule has 4 heteroatoms. The second-order valence-corrected chi connectivity index (χ2v) is 4.75. The van der Waals surface area contributed by atoms with Gasteiger partial charge in [0.15, 0.2) is 0 Å². The molecule has 1 aromatic rings. The highest BCUT2D eigenvalue weighted by Gasteiger charge is 2.12. The maximum Gasteiger partial charge on any atom is 0.103 e. The molecular formula is C7H5BrClNS. The largest absolute Gasteiger partial charge is 0.192 e. The van der Waals surface area contributed by atoms with E-state index in [4.69, 9.17) is 16.9 Å². The first kappa shape index (κ1) is 9.05. The van der Waals surface area contributed by atoms with Crippen molar-refractivity contribution >= 4 is 38.9 Å². The Morgan fingerprint density at radius 3 is 2.64 bits per heavy atom. The highest BCUT2D eigenvalue weighted by atomic mass is 79.9. The van der Waals surface area contributed by atoms with Crippen molar-refractivity contribution in [2.24, 2.45) is 0 Å². The summed E-state index contributed by atoms with van der Waals surface area (Å²) in [5.74, 6) is 0. The lowest BCUT2D eigenvalue weighted by molar-refractivity contribution is 1.18. The monoisotopic (exact) mass is 249 g/mol. The number of hydrogen-bond acceptors (Lipinski definition) is 2. The molecule has 1 rings (SSSR count). The standard InChI is InChI=1S/C7H5BrClNS/c1-2-5-6(9)4(3-10)7(8)11-5/h2H2,1H3. The van der Waals surface area contributed by atoms with Crippen LogP contribution in [0.2, 0.25) is 5.02 Å². The molecule has 0 amide bonds. The number of nitriles is 1. The molecule has 0 atom stereocenters. The zero-order valence-electron chi connectivity index (χ0n) is 5.82. The Balaban J connectivity index is 3.28. The van der Waals surface area contributed by atoms with Crippen molar-refractivity contribution in [3.8, 4) is 6.07 Å². The molecule has 11 heavy (non-hydrogen) atoms. The summed E-state index contributed by atoms with van der Waals surface area (Å²) in [5, 5.41) is 9.25.